The van der Waals surface area contributed by atoms with Crippen LogP contribution in [0.25, 0.3) is 0 Å². The first-order chi connectivity index (χ1) is 8.74. The largest absolute Gasteiger partial charge is 0.379 e. The first-order valence-corrected chi connectivity index (χ1v) is 6.77. The molecule has 5 heteroatoms. The summed E-state index contributed by atoms with van der Waals surface area (Å²) in [6.07, 6.45) is 6.78. The van der Waals surface area contributed by atoms with Crippen LogP contribution in [0.4, 0.5) is 0 Å². The first kappa shape index (κ1) is 13.5. The van der Waals surface area contributed by atoms with Crippen molar-refractivity contribution in [2.45, 2.75) is 44.9 Å². The van der Waals surface area contributed by atoms with Crippen LogP contribution in [0, 0.1) is 0 Å². The van der Waals surface area contributed by atoms with Crippen LogP contribution in [-0.4, -0.2) is 47.4 Å². The van der Waals surface area contributed by atoms with Crippen molar-refractivity contribution in [1.29, 1.82) is 0 Å². The van der Waals surface area contributed by atoms with Crippen molar-refractivity contribution >= 4 is 0 Å². The fourth-order valence-corrected chi connectivity index (χ4v) is 2.52. The second-order valence-corrected chi connectivity index (χ2v) is 5.19. The van der Waals surface area contributed by atoms with Gasteiger partial charge in [-0.05, 0) is 20.3 Å². The highest BCUT2D eigenvalue weighted by atomic mass is 16.5. The SMILES string of the molecule is CC(CC1COCCN1)NC(C)Cn1ccnc1. The predicted octanol–water partition coefficient (Wildman–Crippen LogP) is 0.628. The van der Waals surface area contributed by atoms with Crippen molar-refractivity contribution < 1.29 is 4.74 Å². The molecule has 2 heterocycles. The Kier molecular flexibility index (Phi) is 5.16. The molecule has 3 unspecified atom stereocenters. The van der Waals surface area contributed by atoms with E-state index < -0.39 is 0 Å². The van der Waals surface area contributed by atoms with Crippen LogP contribution in [0.5, 0.6) is 0 Å². The zero-order valence-corrected chi connectivity index (χ0v) is 11.3. The summed E-state index contributed by atoms with van der Waals surface area (Å²) in [6.45, 7) is 8.06. The van der Waals surface area contributed by atoms with E-state index in [0.717, 1.165) is 32.7 Å². The number of hydrogen-bond donors (Lipinski definition) is 2. The molecule has 0 spiro atoms. The van der Waals surface area contributed by atoms with Gasteiger partial charge in [0.1, 0.15) is 0 Å². The molecule has 5 nitrogen and oxygen atoms in total. The van der Waals surface area contributed by atoms with Crippen molar-refractivity contribution in [1.82, 2.24) is 20.2 Å². The van der Waals surface area contributed by atoms with Crippen LogP contribution in [0.3, 0.4) is 0 Å². The molecule has 2 N–H and O–H groups in total. The summed E-state index contributed by atoms with van der Waals surface area (Å²) in [5, 5.41) is 7.11. The van der Waals surface area contributed by atoms with E-state index in [1.165, 1.54) is 0 Å². The van der Waals surface area contributed by atoms with Crippen molar-refractivity contribution in [3.63, 3.8) is 0 Å². The molecule has 1 saturated heterocycles. The van der Waals surface area contributed by atoms with Crippen LogP contribution in [-0.2, 0) is 11.3 Å². The van der Waals surface area contributed by atoms with E-state index in [4.69, 9.17) is 4.74 Å². The van der Waals surface area contributed by atoms with E-state index in [1.807, 2.05) is 18.7 Å². The third-order valence-electron chi connectivity index (χ3n) is 3.25. The normalized spacial score (nSPS) is 23.8. The highest BCUT2D eigenvalue weighted by molar-refractivity contribution is 4.80. The molecular formula is C13H24N4O. The van der Waals surface area contributed by atoms with Gasteiger partial charge in [-0.25, -0.2) is 4.98 Å². The van der Waals surface area contributed by atoms with E-state index in [1.54, 1.807) is 0 Å². The summed E-state index contributed by atoms with van der Waals surface area (Å²) in [6, 6.07) is 1.42. The maximum Gasteiger partial charge on any atom is 0.0946 e. The zero-order chi connectivity index (χ0) is 12.8. The van der Waals surface area contributed by atoms with Gasteiger partial charge in [0.25, 0.3) is 0 Å². The second-order valence-electron chi connectivity index (χ2n) is 5.19. The lowest BCUT2D eigenvalue weighted by molar-refractivity contribution is 0.0707. The number of nitrogens with zero attached hydrogens (tertiary/aromatic N) is 2. The van der Waals surface area contributed by atoms with Gasteiger partial charge in [-0.1, -0.05) is 0 Å². The van der Waals surface area contributed by atoms with Crippen LogP contribution < -0.4 is 10.6 Å². The average molecular weight is 252 g/mol. The number of rotatable bonds is 6. The van der Waals surface area contributed by atoms with E-state index in [-0.39, 0.29) is 0 Å². The minimum atomic E-state index is 0.443. The van der Waals surface area contributed by atoms with E-state index in [0.29, 0.717) is 18.1 Å². The number of morpholine rings is 1. The third-order valence-corrected chi connectivity index (χ3v) is 3.25. The van der Waals surface area contributed by atoms with Crippen LogP contribution in [0.1, 0.15) is 20.3 Å². The van der Waals surface area contributed by atoms with Gasteiger partial charge in [-0.3, -0.25) is 0 Å². The quantitative estimate of drug-likeness (QED) is 0.779. The standard InChI is InChI=1S/C13H24N4O/c1-11(7-13-9-18-6-4-15-13)16-12(2)8-17-5-3-14-10-17/h3,5,10-13,15-16H,4,6-9H2,1-2H3. The summed E-state index contributed by atoms with van der Waals surface area (Å²) in [5.41, 5.74) is 0. The lowest BCUT2D eigenvalue weighted by Crippen LogP contribution is -2.46. The van der Waals surface area contributed by atoms with E-state index in [9.17, 15) is 0 Å². The van der Waals surface area contributed by atoms with Crippen LogP contribution in [0.15, 0.2) is 18.7 Å². The highest BCUT2D eigenvalue weighted by Crippen LogP contribution is 2.04. The molecule has 1 fully saturated rings. The van der Waals surface area contributed by atoms with Crippen molar-refractivity contribution in [3.05, 3.63) is 18.7 Å². The molecule has 1 aromatic heterocycles. The zero-order valence-electron chi connectivity index (χ0n) is 11.3. The molecule has 1 aliphatic heterocycles. The second kappa shape index (κ2) is 6.87. The lowest BCUT2D eigenvalue weighted by atomic mass is 10.1. The van der Waals surface area contributed by atoms with Crippen molar-refractivity contribution in [3.8, 4) is 0 Å². The topological polar surface area (TPSA) is 51.1 Å². The third kappa shape index (κ3) is 4.40. The maximum atomic E-state index is 5.47. The number of ether oxygens (including phenoxy) is 1. The number of hydrogen-bond acceptors (Lipinski definition) is 4. The minimum absolute atomic E-state index is 0.443. The Morgan fingerprint density at radius 3 is 3.06 bits per heavy atom. The Hall–Kier alpha value is -0.910. The molecule has 0 aromatic carbocycles. The summed E-state index contributed by atoms with van der Waals surface area (Å²) >= 11 is 0. The summed E-state index contributed by atoms with van der Waals surface area (Å²) in [7, 11) is 0. The molecule has 2 rings (SSSR count). The molecule has 1 aliphatic rings. The molecule has 0 saturated carbocycles. The monoisotopic (exact) mass is 252 g/mol. The van der Waals surface area contributed by atoms with Gasteiger partial charge < -0.3 is 19.9 Å². The molecule has 0 radical (unpaired) electrons. The number of nitrogens with one attached hydrogen (secondary N) is 2. The highest BCUT2D eigenvalue weighted by Gasteiger charge is 2.17. The van der Waals surface area contributed by atoms with Crippen LogP contribution in [0.2, 0.25) is 0 Å². The summed E-state index contributed by atoms with van der Waals surface area (Å²) < 4.78 is 7.57. The fraction of sp³-hybridized carbons (Fsp3) is 0.769. The van der Waals surface area contributed by atoms with Gasteiger partial charge in [0.05, 0.1) is 19.5 Å². The van der Waals surface area contributed by atoms with Gasteiger partial charge in [0.15, 0.2) is 0 Å². The number of imidazole rings is 1. The van der Waals surface area contributed by atoms with Crippen molar-refractivity contribution in [2.75, 3.05) is 19.8 Å². The van der Waals surface area contributed by atoms with Gasteiger partial charge in [0, 0.05) is 43.6 Å². The van der Waals surface area contributed by atoms with E-state index in [2.05, 4.69) is 34.0 Å². The Labute approximate surface area is 109 Å². The van der Waals surface area contributed by atoms with Gasteiger partial charge in [-0.15, -0.1) is 0 Å². The first-order valence-electron chi connectivity index (χ1n) is 6.77. The molecule has 0 amide bonds. The van der Waals surface area contributed by atoms with Crippen molar-refractivity contribution in [2.24, 2.45) is 0 Å². The smallest absolute Gasteiger partial charge is 0.0946 e. The molecule has 18 heavy (non-hydrogen) atoms. The van der Waals surface area contributed by atoms with Gasteiger partial charge in [0.2, 0.25) is 0 Å². The molecule has 3 atom stereocenters. The minimum Gasteiger partial charge on any atom is -0.379 e. The Morgan fingerprint density at radius 2 is 2.39 bits per heavy atom. The van der Waals surface area contributed by atoms with Crippen LogP contribution >= 0.6 is 0 Å². The van der Waals surface area contributed by atoms with Gasteiger partial charge in [-0.2, -0.15) is 0 Å². The van der Waals surface area contributed by atoms with E-state index >= 15 is 0 Å². The average Bonchev–Trinajstić information content (AvgIpc) is 2.82. The molecule has 102 valence electrons. The maximum absolute atomic E-state index is 5.47. The molecule has 0 aliphatic carbocycles. The number of aromatic nitrogens is 2. The molecule has 0 bridgehead atoms. The van der Waals surface area contributed by atoms with Gasteiger partial charge >= 0.3 is 0 Å². The Balaban J connectivity index is 1.67. The molecular weight excluding hydrogens is 228 g/mol. The Morgan fingerprint density at radius 1 is 1.50 bits per heavy atom. The summed E-state index contributed by atoms with van der Waals surface area (Å²) in [5.74, 6) is 0. The Bertz CT molecular complexity index is 322. The lowest BCUT2D eigenvalue weighted by Gasteiger charge is -2.28. The summed E-state index contributed by atoms with van der Waals surface area (Å²) in [4.78, 5) is 4.06. The molecule has 1 aromatic rings. The fourth-order valence-electron chi connectivity index (χ4n) is 2.52. The predicted molar refractivity (Wildman–Crippen MR) is 71.5 cm³/mol.